The van der Waals surface area contributed by atoms with Gasteiger partial charge in [0.2, 0.25) is 0 Å². The molecule has 0 spiro atoms. The molecule has 0 unspecified atom stereocenters. The Labute approximate surface area is 189 Å². The van der Waals surface area contributed by atoms with Gasteiger partial charge >= 0.3 is 12.0 Å². The zero-order valence-corrected chi connectivity index (χ0v) is 18.3. The highest BCUT2D eigenvalue weighted by atomic mass is 16.6. The number of urea groups is 1. The number of benzene rings is 2. The summed E-state index contributed by atoms with van der Waals surface area (Å²) in [6, 6.07) is 8.39. The van der Waals surface area contributed by atoms with Crippen molar-refractivity contribution in [1.29, 1.82) is 0 Å². The molecule has 2 aromatic rings. The van der Waals surface area contributed by atoms with Crippen molar-refractivity contribution in [3.63, 3.8) is 0 Å². The van der Waals surface area contributed by atoms with Gasteiger partial charge in [-0.05, 0) is 43.2 Å². The van der Waals surface area contributed by atoms with Crippen LogP contribution in [0.4, 0.5) is 21.9 Å². The Balaban J connectivity index is 1.62. The fraction of sp³-hybridized carbons (Fsp3) is 0.318. The van der Waals surface area contributed by atoms with Crippen molar-refractivity contribution in [1.82, 2.24) is 5.32 Å². The molecule has 1 heterocycles. The fourth-order valence-electron chi connectivity index (χ4n) is 3.23. The number of hydrogen-bond donors (Lipinski definition) is 2. The van der Waals surface area contributed by atoms with E-state index in [1.165, 1.54) is 12.1 Å². The minimum absolute atomic E-state index is 0.0431. The molecular formula is C22H24N4O7. The summed E-state index contributed by atoms with van der Waals surface area (Å²) in [6.07, 6.45) is 0. The van der Waals surface area contributed by atoms with E-state index in [1.54, 1.807) is 12.1 Å². The highest BCUT2D eigenvalue weighted by Gasteiger charge is 2.24. The van der Waals surface area contributed by atoms with Crippen molar-refractivity contribution < 1.29 is 28.8 Å². The molecule has 0 radical (unpaired) electrons. The Morgan fingerprint density at radius 3 is 2.48 bits per heavy atom. The molecule has 11 heteroatoms. The summed E-state index contributed by atoms with van der Waals surface area (Å²) >= 11 is 0. The number of morpholine rings is 1. The number of nitro groups is 1. The topological polar surface area (TPSA) is 140 Å². The van der Waals surface area contributed by atoms with Crippen LogP contribution in [-0.2, 0) is 14.3 Å². The van der Waals surface area contributed by atoms with Crippen LogP contribution < -0.4 is 15.5 Å². The number of rotatable bonds is 6. The maximum Gasteiger partial charge on any atom is 0.341 e. The number of carbonyl (C=O) groups excluding carboxylic acids is 3. The first-order valence-electron chi connectivity index (χ1n) is 10.2. The van der Waals surface area contributed by atoms with Crippen LogP contribution in [0.1, 0.15) is 21.5 Å². The molecule has 0 atom stereocenters. The number of aryl methyl sites for hydroxylation is 2. The van der Waals surface area contributed by atoms with Gasteiger partial charge in [0.15, 0.2) is 6.61 Å². The summed E-state index contributed by atoms with van der Waals surface area (Å²) in [6.45, 7) is 4.98. The van der Waals surface area contributed by atoms with Crippen LogP contribution in [0.15, 0.2) is 36.4 Å². The number of nitrogens with one attached hydrogen (secondary N) is 2. The highest BCUT2D eigenvalue weighted by Crippen LogP contribution is 2.27. The van der Waals surface area contributed by atoms with Crippen molar-refractivity contribution in [2.45, 2.75) is 13.8 Å². The number of hydrogen-bond acceptors (Lipinski definition) is 8. The molecule has 1 fully saturated rings. The first-order chi connectivity index (χ1) is 15.7. The number of nitrogens with zero attached hydrogens (tertiary/aromatic N) is 2. The second-order valence-electron chi connectivity index (χ2n) is 7.44. The van der Waals surface area contributed by atoms with E-state index in [0.717, 1.165) is 17.2 Å². The summed E-state index contributed by atoms with van der Waals surface area (Å²) < 4.78 is 10.3. The average molecular weight is 456 g/mol. The quantitative estimate of drug-likeness (QED) is 0.384. The average Bonchev–Trinajstić information content (AvgIpc) is 2.80. The van der Waals surface area contributed by atoms with Gasteiger partial charge in [-0.3, -0.25) is 20.2 Å². The summed E-state index contributed by atoms with van der Waals surface area (Å²) in [5, 5.41) is 15.8. The molecule has 1 aliphatic heterocycles. The lowest BCUT2D eigenvalue weighted by atomic mass is 10.1. The molecule has 3 amide bonds. The van der Waals surface area contributed by atoms with E-state index in [1.807, 2.05) is 24.8 Å². The number of nitro benzene ring substituents is 1. The van der Waals surface area contributed by atoms with Crippen molar-refractivity contribution in [2.75, 3.05) is 43.1 Å². The van der Waals surface area contributed by atoms with E-state index in [4.69, 9.17) is 9.47 Å². The number of esters is 1. The number of anilines is 2. The molecule has 1 aliphatic rings. The lowest BCUT2D eigenvalue weighted by Crippen LogP contribution is -2.38. The maximum atomic E-state index is 12.7. The zero-order chi connectivity index (χ0) is 24.0. The van der Waals surface area contributed by atoms with Crippen LogP contribution in [0.25, 0.3) is 0 Å². The van der Waals surface area contributed by atoms with Crippen molar-refractivity contribution in [3.05, 3.63) is 63.2 Å². The van der Waals surface area contributed by atoms with E-state index in [9.17, 15) is 24.5 Å². The Kier molecular flexibility index (Phi) is 7.57. The van der Waals surface area contributed by atoms with E-state index < -0.39 is 29.4 Å². The maximum absolute atomic E-state index is 12.7. The second-order valence-corrected chi connectivity index (χ2v) is 7.44. The van der Waals surface area contributed by atoms with Gasteiger partial charge in [0.1, 0.15) is 0 Å². The summed E-state index contributed by atoms with van der Waals surface area (Å²) in [5.74, 6) is -1.76. The van der Waals surface area contributed by atoms with Crippen LogP contribution in [-0.4, -0.2) is 55.7 Å². The molecule has 2 N–H and O–H groups in total. The van der Waals surface area contributed by atoms with Crippen LogP contribution >= 0.6 is 0 Å². The molecule has 11 nitrogen and oxygen atoms in total. The van der Waals surface area contributed by atoms with E-state index in [2.05, 4.69) is 10.6 Å². The van der Waals surface area contributed by atoms with Gasteiger partial charge in [0.25, 0.3) is 11.6 Å². The minimum atomic E-state index is -0.912. The van der Waals surface area contributed by atoms with E-state index in [-0.39, 0.29) is 11.3 Å². The van der Waals surface area contributed by atoms with Crippen LogP contribution in [0.5, 0.6) is 0 Å². The summed E-state index contributed by atoms with van der Waals surface area (Å²) in [5.41, 5.74) is 2.66. The van der Waals surface area contributed by atoms with Crippen molar-refractivity contribution in [3.8, 4) is 0 Å². The number of ether oxygens (including phenoxy) is 2. The standard InChI is InChI=1S/C22H24N4O7/c1-14-3-4-16(11-15(14)2)23-22(29)24-20(27)13-33-21(28)18-12-17(26(30)31)5-6-19(18)25-7-9-32-10-8-25/h3-6,11-12H,7-10,13H2,1-2H3,(H2,23,24,27,29). The van der Waals surface area contributed by atoms with E-state index >= 15 is 0 Å². The van der Waals surface area contributed by atoms with Gasteiger partial charge in [0.05, 0.1) is 29.4 Å². The SMILES string of the molecule is Cc1ccc(NC(=O)NC(=O)COC(=O)c2cc([N+](=O)[O-])ccc2N2CCOCC2)cc1C. The minimum Gasteiger partial charge on any atom is -0.452 e. The van der Waals surface area contributed by atoms with Gasteiger partial charge in [-0.25, -0.2) is 9.59 Å². The predicted octanol–water partition coefficient (Wildman–Crippen LogP) is 2.55. The predicted molar refractivity (Wildman–Crippen MR) is 119 cm³/mol. The summed E-state index contributed by atoms with van der Waals surface area (Å²) in [7, 11) is 0. The zero-order valence-electron chi connectivity index (χ0n) is 18.3. The molecule has 0 aromatic heterocycles. The van der Waals surface area contributed by atoms with Crippen molar-refractivity contribution in [2.24, 2.45) is 0 Å². The number of carbonyl (C=O) groups is 3. The second kappa shape index (κ2) is 10.6. The molecule has 0 aliphatic carbocycles. The molecule has 174 valence electrons. The van der Waals surface area contributed by atoms with Gasteiger partial charge in [-0.2, -0.15) is 0 Å². The van der Waals surface area contributed by atoms with E-state index in [0.29, 0.717) is 37.7 Å². The number of amides is 3. The third-order valence-electron chi connectivity index (χ3n) is 5.11. The van der Waals surface area contributed by atoms with Gasteiger partial charge in [-0.15, -0.1) is 0 Å². The molecule has 2 aromatic carbocycles. The monoisotopic (exact) mass is 456 g/mol. The Hall–Kier alpha value is -3.99. The van der Waals surface area contributed by atoms with Crippen LogP contribution in [0.3, 0.4) is 0 Å². The first kappa shape index (κ1) is 23.7. The first-order valence-corrected chi connectivity index (χ1v) is 10.2. The lowest BCUT2D eigenvalue weighted by molar-refractivity contribution is -0.384. The van der Waals surface area contributed by atoms with Gasteiger partial charge in [-0.1, -0.05) is 6.07 Å². The number of non-ortho nitro benzene ring substituents is 1. The summed E-state index contributed by atoms with van der Waals surface area (Å²) in [4.78, 5) is 49.1. The van der Waals surface area contributed by atoms with Crippen LogP contribution in [0.2, 0.25) is 0 Å². The smallest absolute Gasteiger partial charge is 0.341 e. The largest absolute Gasteiger partial charge is 0.452 e. The molecule has 33 heavy (non-hydrogen) atoms. The Bertz CT molecular complexity index is 1080. The molecular weight excluding hydrogens is 432 g/mol. The molecule has 0 bridgehead atoms. The lowest BCUT2D eigenvalue weighted by Gasteiger charge is -2.30. The third kappa shape index (κ3) is 6.26. The third-order valence-corrected chi connectivity index (χ3v) is 5.11. The van der Waals surface area contributed by atoms with Gasteiger partial charge in [0, 0.05) is 30.9 Å². The van der Waals surface area contributed by atoms with Crippen LogP contribution in [0, 0.1) is 24.0 Å². The van der Waals surface area contributed by atoms with Crippen molar-refractivity contribution >= 4 is 35.0 Å². The van der Waals surface area contributed by atoms with Gasteiger partial charge < -0.3 is 19.7 Å². The molecule has 3 rings (SSSR count). The fourth-order valence-corrected chi connectivity index (χ4v) is 3.23. The number of imide groups is 1. The highest BCUT2D eigenvalue weighted by molar-refractivity contribution is 6.03. The normalized spacial score (nSPS) is 13.2. The Morgan fingerprint density at radius 1 is 1.09 bits per heavy atom. The molecule has 1 saturated heterocycles. The molecule has 0 saturated carbocycles. The Morgan fingerprint density at radius 2 is 1.82 bits per heavy atom.